The highest BCUT2D eigenvalue weighted by molar-refractivity contribution is 5.85. The smallest absolute Gasteiger partial charge is 0.128 e. The van der Waals surface area contributed by atoms with Crippen LogP contribution < -0.4 is 5.73 Å². The number of nitrogens with two attached hydrogens (primary N) is 1. The number of nitrogens with zero attached hydrogens (tertiary/aromatic N) is 1. The van der Waals surface area contributed by atoms with Crippen molar-refractivity contribution in [2.45, 2.75) is 18.6 Å². The molecule has 0 amide bonds. The van der Waals surface area contributed by atoms with E-state index in [0.29, 0.717) is 6.54 Å². The molecule has 0 aromatic heterocycles. The molecule has 0 unspecified atom stereocenters. The fraction of sp³-hybridized carbons (Fsp3) is 1.00. The van der Waals surface area contributed by atoms with Gasteiger partial charge in [0.2, 0.25) is 0 Å². The Morgan fingerprint density at radius 3 is 2.60 bits per heavy atom. The Hall–Kier alpha value is 0.140. The van der Waals surface area contributed by atoms with E-state index < -0.39 is 6.17 Å². The minimum absolute atomic E-state index is 0. The lowest BCUT2D eigenvalue weighted by Crippen LogP contribution is -2.46. The molecule has 1 heterocycles. The summed E-state index contributed by atoms with van der Waals surface area (Å²) in [7, 11) is 1.92. The molecule has 0 saturated carbocycles. The van der Waals surface area contributed by atoms with Crippen molar-refractivity contribution in [2.75, 3.05) is 20.1 Å². The molecule has 1 rings (SSSR count). The van der Waals surface area contributed by atoms with Gasteiger partial charge in [0.15, 0.2) is 0 Å². The molecule has 0 aliphatic carbocycles. The first-order valence-corrected chi connectivity index (χ1v) is 3.28. The molecule has 10 heavy (non-hydrogen) atoms. The molecule has 2 atom stereocenters. The van der Waals surface area contributed by atoms with E-state index in [1.807, 2.05) is 11.9 Å². The van der Waals surface area contributed by atoms with Gasteiger partial charge in [-0.2, -0.15) is 0 Å². The maximum absolute atomic E-state index is 12.7. The molecule has 0 radical (unpaired) electrons. The fourth-order valence-electron chi connectivity index (χ4n) is 1.07. The lowest BCUT2D eigenvalue weighted by molar-refractivity contribution is 0.141. The van der Waals surface area contributed by atoms with Crippen LogP contribution in [0.15, 0.2) is 0 Å². The predicted molar refractivity (Wildman–Crippen MR) is 42.2 cm³/mol. The molecule has 0 aromatic carbocycles. The van der Waals surface area contributed by atoms with Crippen molar-refractivity contribution in [3.8, 4) is 0 Å². The first-order chi connectivity index (χ1) is 4.20. The molecule has 2 N–H and O–H groups in total. The second-order valence-electron chi connectivity index (χ2n) is 2.73. The summed E-state index contributed by atoms with van der Waals surface area (Å²) < 4.78 is 12.7. The first-order valence-electron chi connectivity index (χ1n) is 3.28. The van der Waals surface area contributed by atoms with Crippen molar-refractivity contribution >= 4 is 12.4 Å². The number of hydrogen-bond donors (Lipinski definition) is 1. The molecule has 2 nitrogen and oxygen atoms in total. The summed E-state index contributed by atoms with van der Waals surface area (Å²) in [5.41, 5.74) is 5.44. The summed E-state index contributed by atoms with van der Waals surface area (Å²) in [5, 5.41) is 0. The van der Waals surface area contributed by atoms with Crippen LogP contribution in [0.4, 0.5) is 4.39 Å². The number of piperidine rings is 1. The molecule has 0 bridgehead atoms. The van der Waals surface area contributed by atoms with Crippen LogP contribution in [0.3, 0.4) is 0 Å². The zero-order chi connectivity index (χ0) is 6.85. The molecular formula is C6H14ClFN2. The van der Waals surface area contributed by atoms with Crippen molar-refractivity contribution in [1.82, 2.24) is 4.90 Å². The molecule has 1 saturated heterocycles. The third-order valence-corrected chi connectivity index (χ3v) is 1.79. The Morgan fingerprint density at radius 1 is 1.60 bits per heavy atom. The highest BCUT2D eigenvalue weighted by Crippen LogP contribution is 2.09. The van der Waals surface area contributed by atoms with Gasteiger partial charge >= 0.3 is 0 Å². The Bertz CT molecular complexity index is 102. The lowest BCUT2D eigenvalue weighted by Gasteiger charge is -2.29. The molecule has 1 fully saturated rings. The van der Waals surface area contributed by atoms with Gasteiger partial charge in [-0.25, -0.2) is 4.39 Å². The van der Waals surface area contributed by atoms with E-state index in [0.717, 1.165) is 13.0 Å². The maximum Gasteiger partial charge on any atom is 0.128 e. The van der Waals surface area contributed by atoms with Gasteiger partial charge in [0.05, 0.1) is 0 Å². The molecule has 1 aliphatic rings. The normalized spacial score (nSPS) is 35.1. The van der Waals surface area contributed by atoms with E-state index in [1.54, 1.807) is 0 Å². The van der Waals surface area contributed by atoms with Crippen molar-refractivity contribution in [2.24, 2.45) is 5.73 Å². The summed E-state index contributed by atoms with van der Waals surface area (Å²) in [6.45, 7) is 1.43. The monoisotopic (exact) mass is 168 g/mol. The summed E-state index contributed by atoms with van der Waals surface area (Å²) >= 11 is 0. The van der Waals surface area contributed by atoms with E-state index in [2.05, 4.69) is 0 Å². The third kappa shape index (κ3) is 2.40. The largest absolute Gasteiger partial charge is 0.325 e. The van der Waals surface area contributed by atoms with Gasteiger partial charge in [-0.1, -0.05) is 0 Å². The molecule has 0 aromatic rings. The highest BCUT2D eigenvalue weighted by atomic mass is 35.5. The van der Waals surface area contributed by atoms with E-state index in [4.69, 9.17) is 5.73 Å². The van der Waals surface area contributed by atoms with Gasteiger partial charge in [-0.05, 0) is 20.0 Å². The van der Waals surface area contributed by atoms with E-state index in [9.17, 15) is 4.39 Å². The Labute approximate surface area is 67.0 Å². The predicted octanol–water partition coefficient (Wildman–Crippen LogP) is 0.409. The van der Waals surface area contributed by atoms with Gasteiger partial charge in [-0.15, -0.1) is 12.4 Å². The number of rotatable bonds is 0. The van der Waals surface area contributed by atoms with Crippen LogP contribution in [0, 0.1) is 0 Å². The number of hydrogen-bond acceptors (Lipinski definition) is 2. The van der Waals surface area contributed by atoms with Crippen molar-refractivity contribution in [1.29, 1.82) is 0 Å². The molecule has 1 aliphatic heterocycles. The lowest BCUT2D eigenvalue weighted by atomic mass is 10.1. The summed E-state index contributed by atoms with van der Waals surface area (Å²) in [4.78, 5) is 1.97. The average molecular weight is 169 g/mol. The number of alkyl halides is 1. The Morgan fingerprint density at radius 2 is 2.20 bits per heavy atom. The second-order valence-corrected chi connectivity index (χ2v) is 2.73. The van der Waals surface area contributed by atoms with Crippen molar-refractivity contribution < 1.29 is 4.39 Å². The van der Waals surface area contributed by atoms with Crippen LogP contribution >= 0.6 is 12.4 Å². The maximum atomic E-state index is 12.7. The van der Waals surface area contributed by atoms with E-state index >= 15 is 0 Å². The summed E-state index contributed by atoms with van der Waals surface area (Å²) in [6.07, 6.45) is -0.0266. The van der Waals surface area contributed by atoms with Crippen LogP contribution in [0.25, 0.3) is 0 Å². The van der Waals surface area contributed by atoms with Gasteiger partial charge in [0, 0.05) is 12.6 Å². The zero-order valence-electron chi connectivity index (χ0n) is 6.09. The van der Waals surface area contributed by atoms with Crippen LogP contribution in [0.1, 0.15) is 6.42 Å². The van der Waals surface area contributed by atoms with Gasteiger partial charge in [0.1, 0.15) is 6.17 Å². The highest BCUT2D eigenvalue weighted by Gasteiger charge is 2.23. The van der Waals surface area contributed by atoms with Gasteiger partial charge in [0.25, 0.3) is 0 Å². The minimum atomic E-state index is -0.816. The first kappa shape index (κ1) is 10.1. The Kier molecular flexibility index (Phi) is 4.17. The van der Waals surface area contributed by atoms with Gasteiger partial charge in [-0.3, -0.25) is 0 Å². The second kappa shape index (κ2) is 4.11. The molecular weight excluding hydrogens is 155 g/mol. The van der Waals surface area contributed by atoms with Gasteiger partial charge < -0.3 is 10.6 Å². The molecule has 0 spiro atoms. The van der Waals surface area contributed by atoms with Crippen LogP contribution in [-0.2, 0) is 0 Å². The van der Waals surface area contributed by atoms with Crippen LogP contribution in [0.2, 0.25) is 0 Å². The average Bonchev–Trinajstić information content (AvgIpc) is 1.80. The van der Waals surface area contributed by atoms with Crippen LogP contribution in [-0.4, -0.2) is 37.3 Å². The fourth-order valence-corrected chi connectivity index (χ4v) is 1.07. The van der Waals surface area contributed by atoms with Crippen LogP contribution in [0.5, 0.6) is 0 Å². The Balaban J connectivity index is 0.000000810. The molecule has 62 valence electrons. The number of halogens is 2. The standard InChI is InChI=1S/C6H13FN2.ClH/c1-9-3-2-6(8)5(7)4-9;/h5-6H,2-4,8H2,1H3;1H/t5-,6+;/m0./s1. The molecule has 4 heteroatoms. The SMILES string of the molecule is CN1CC[C@@H](N)[C@@H](F)C1.Cl. The summed E-state index contributed by atoms with van der Waals surface area (Å²) in [5.74, 6) is 0. The zero-order valence-corrected chi connectivity index (χ0v) is 6.90. The minimum Gasteiger partial charge on any atom is -0.325 e. The number of likely N-dealkylation sites (tertiary alicyclic amines) is 1. The van der Waals surface area contributed by atoms with Crippen molar-refractivity contribution in [3.63, 3.8) is 0 Å². The summed E-state index contributed by atoms with van der Waals surface area (Å²) in [6, 6.07) is -0.221. The van der Waals surface area contributed by atoms with Crippen molar-refractivity contribution in [3.05, 3.63) is 0 Å². The van der Waals surface area contributed by atoms with E-state index in [-0.39, 0.29) is 18.4 Å². The third-order valence-electron chi connectivity index (χ3n) is 1.79. The quantitative estimate of drug-likeness (QED) is 0.568. The topological polar surface area (TPSA) is 29.3 Å². The van der Waals surface area contributed by atoms with E-state index in [1.165, 1.54) is 0 Å².